The van der Waals surface area contributed by atoms with Crippen molar-refractivity contribution >= 4 is 35.0 Å². The Morgan fingerprint density at radius 1 is 1.19 bits per heavy atom. The smallest absolute Gasteiger partial charge is 0.251 e. The number of methoxy groups -OCH3 is 1. The average molecular weight is 578 g/mol. The predicted octanol–water partition coefficient (Wildman–Crippen LogP) is 3.50. The van der Waals surface area contributed by atoms with Crippen LogP contribution in [0.3, 0.4) is 0 Å². The molecule has 2 atom stereocenters. The maximum Gasteiger partial charge on any atom is 0.251 e. The highest BCUT2D eigenvalue weighted by atomic mass is 16.5. The van der Waals surface area contributed by atoms with Crippen LogP contribution in [-0.4, -0.2) is 91.8 Å². The number of likely N-dealkylation sites (tertiary alicyclic amines) is 1. The molecule has 2 N–H and O–H groups in total. The van der Waals surface area contributed by atoms with Gasteiger partial charge < -0.3 is 34.8 Å². The molecule has 4 heterocycles. The minimum Gasteiger partial charge on any atom is -0.491 e. The molecule has 2 fully saturated rings. The van der Waals surface area contributed by atoms with E-state index >= 15 is 0 Å². The molecule has 1 saturated heterocycles. The number of rotatable bonds is 10. The van der Waals surface area contributed by atoms with Crippen LogP contribution >= 0.6 is 0 Å². The molecule has 4 aliphatic rings. The zero-order valence-electron chi connectivity index (χ0n) is 25.0. The lowest BCUT2D eigenvalue weighted by atomic mass is 10.0. The largest absolute Gasteiger partial charge is 0.491 e. The van der Waals surface area contributed by atoms with Crippen molar-refractivity contribution in [2.75, 3.05) is 62.1 Å². The summed E-state index contributed by atoms with van der Waals surface area (Å²) in [4.78, 5) is 42.3. The summed E-state index contributed by atoms with van der Waals surface area (Å²) >= 11 is 0. The number of likely N-dealkylation sites (N-methyl/N-ethyl adjacent to an activating group) is 1. The van der Waals surface area contributed by atoms with Gasteiger partial charge in [-0.3, -0.25) is 9.59 Å². The van der Waals surface area contributed by atoms with Gasteiger partial charge >= 0.3 is 0 Å². The van der Waals surface area contributed by atoms with Crippen molar-refractivity contribution in [3.63, 3.8) is 0 Å². The molecule has 2 amide bonds. The lowest BCUT2D eigenvalue weighted by molar-refractivity contribution is -0.120. The van der Waals surface area contributed by atoms with Gasteiger partial charge in [-0.15, -0.1) is 0 Å². The fraction of sp³-hybridized carbons (Fsp3) is 0.613. The first kappa shape index (κ1) is 28.7. The number of hydrogen-bond donors (Lipinski definition) is 2. The van der Waals surface area contributed by atoms with E-state index in [4.69, 9.17) is 14.5 Å². The van der Waals surface area contributed by atoms with Gasteiger partial charge in [0.2, 0.25) is 11.9 Å². The Labute approximate surface area is 247 Å². The number of aromatic nitrogens is 2. The first-order valence-electron chi connectivity index (χ1n) is 15.5. The van der Waals surface area contributed by atoms with Crippen molar-refractivity contribution in [3.05, 3.63) is 29.5 Å². The van der Waals surface area contributed by atoms with Gasteiger partial charge in [-0.1, -0.05) is 19.8 Å². The summed E-state index contributed by atoms with van der Waals surface area (Å²) in [5.41, 5.74) is 2.96. The highest BCUT2D eigenvalue weighted by molar-refractivity contribution is 6.04. The van der Waals surface area contributed by atoms with Gasteiger partial charge in [-0.05, 0) is 57.3 Å². The Hall–Kier alpha value is -3.44. The highest BCUT2D eigenvalue weighted by Crippen LogP contribution is 2.41. The fourth-order valence-corrected chi connectivity index (χ4v) is 6.95. The van der Waals surface area contributed by atoms with Gasteiger partial charge in [-0.25, -0.2) is 4.98 Å². The second-order valence-electron chi connectivity index (χ2n) is 11.8. The molecule has 11 heteroatoms. The monoisotopic (exact) mass is 577 g/mol. The minimum absolute atomic E-state index is 0.0520. The number of carbonyl (C=O) groups is 2. The number of fused-ring (bicyclic) bond motifs is 2. The molecule has 3 aliphatic heterocycles. The Balaban J connectivity index is 1.21. The van der Waals surface area contributed by atoms with Crippen LogP contribution in [0.15, 0.2) is 18.3 Å². The second kappa shape index (κ2) is 12.4. The van der Waals surface area contributed by atoms with Gasteiger partial charge in [0.05, 0.1) is 24.6 Å². The van der Waals surface area contributed by atoms with Crippen LogP contribution in [0, 0.1) is 0 Å². The molecule has 1 aromatic carbocycles. The van der Waals surface area contributed by atoms with Gasteiger partial charge in [0.1, 0.15) is 17.5 Å². The SMILES string of the molecule is CC[C@@H]1C(=O)N(C)c2cnc(Nc3ccc(C(=O)NCC(CN4CCCC4)OC)c4c3OCC4)nc2N1C1CCCC1. The van der Waals surface area contributed by atoms with Crippen LogP contribution in [0.5, 0.6) is 5.75 Å². The lowest BCUT2D eigenvalue weighted by Gasteiger charge is -2.43. The maximum atomic E-state index is 13.3. The number of ether oxygens (including phenoxy) is 2. The van der Waals surface area contributed by atoms with E-state index in [0.717, 1.165) is 61.7 Å². The van der Waals surface area contributed by atoms with Crippen molar-refractivity contribution in [1.82, 2.24) is 20.2 Å². The Morgan fingerprint density at radius 3 is 2.71 bits per heavy atom. The zero-order chi connectivity index (χ0) is 29.2. The molecule has 42 heavy (non-hydrogen) atoms. The van der Waals surface area contributed by atoms with Crippen molar-refractivity contribution < 1.29 is 19.1 Å². The van der Waals surface area contributed by atoms with Crippen LogP contribution in [0.2, 0.25) is 0 Å². The number of benzene rings is 1. The number of hydrogen-bond acceptors (Lipinski definition) is 9. The van der Waals surface area contributed by atoms with Gasteiger partial charge in [0, 0.05) is 50.8 Å². The van der Waals surface area contributed by atoms with E-state index in [1.807, 2.05) is 12.1 Å². The third kappa shape index (κ3) is 5.51. The summed E-state index contributed by atoms with van der Waals surface area (Å²) in [6.07, 6.45) is 9.96. The average Bonchev–Trinajstić information content (AvgIpc) is 3.80. The molecule has 1 aromatic heterocycles. The van der Waals surface area contributed by atoms with Crippen LogP contribution in [-0.2, 0) is 16.0 Å². The van der Waals surface area contributed by atoms with Crippen LogP contribution in [0.1, 0.15) is 67.8 Å². The third-order valence-corrected chi connectivity index (χ3v) is 9.25. The lowest BCUT2D eigenvalue weighted by Crippen LogP contribution is -2.55. The van der Waals surface area contributed by atoms with Gasteiger partial charge in [0.15, 0.2) is 5.82 Å². The van der Waals surface area contributed by atoms with Crippen molar-refractivity contribution in [2.24, 2.45) is 0 Å². The highest BCUT2D eigenvalue weighted by Gasteiger charge is 2.41. The molecule has 0 spiro atoms. The molecular weight excluding hydrogens is 534 g/mol. The first-order chi connectivity index (χ1) is 20.5. The summed E-state index contributed by atoms with van der Waals surface area (Å²) in [6, 6.07) is 3.77. The molecule has 1 unspecified atom stereocenters. The van der Waals surface area contributed by atoms with Crippen LogP contribution in [0.4, 0.5) is 23.1 Å². The third-order valence-electron chi connectivity index (χ3n) is 9.25. The minimum atomic E-state index is -0.230. The summed E-state index contributed by atoms with van der Waals surface area (Å²) < 4.78 is 11.7. The topological polar surface area (TPSA) is 112 Å². The van der Waals surface area contributed by atoms with E-state index in [-0.39, 0.29) is 24.0 Å². The summed E-state index contributed by atoms with van der Waals surface area (Å²) in [6.45, 7) is 6.03. The first-order valence-corrected chi connectivity index (χ1v) is 15.5. The van der Waals surface area contributed by atoms with Crippen LogP contribution in [0.25, 0.3) is 0 Å². The molecule has 1 saturated carbocycles. The number of amides is 2. The van der Waals surface area contributed by atoms with E-state index in [9.17, 15) is 9.59 Å². The Kier molecular flexibility index (Phi) is 8.48. The van der Waals surface area contributed by atoms with Crippen LogP contribution < -0.4 is 25.2 Å². The molecule has 11 nitrogen and oxygen atoms in total. The quantitative estimate of drug-likeness (QED) is 0.438. The normalized spacial score (nSPS) is 21.3. The fourth-order valence-electron chi connectivity index (χ4n) is 6.95. The van der Waals surface area contributed by atoms with Crippen molar-refractivity contribution in [1.29, 1.82) is 0 Å². The summed E-state index contributed by atoms with van der Waals surface area (Å²) in [5, 5.41) is 6.43. The van der Waals surface area contributed by atoms with E-state index in [0.29, 0.717) is 42.9 Å². The molecule has 0 bridgehead atoms. The zero-order valence-corrected chi connectivity index (χ0v) is 25.0. The number of anilines is 4. The summed E-state index contributed by atoms with van der Waals surface area (Å²) in [7, 11) is 3.50. The van der Waals surface area contributed by atoms with E-state index in [1.54, 1.807) is 25.3 Å². The molecule has 2 aromatic rings. The van der Waals surface area contributed by atoms with Gasteiger partial charge in [0.25, 0.3) is 5.91 Å². The van der Waals surface area contributed by atoms with E-state index in [1.165, 1.54) is 25.7 Å². The van der Waals surface area contributed by atoms with E-state index in [2.05, 4.69) is 32.3 Å². The summed E-state index contributed by atoms with van der Waals surface area (Å²) in [5.74, 6) is 1.87. The molecule has 0 radical (unpaired) electrons. The molecular formula is C31H43N7O4. The number of carbonyl (C=O) groups excluding carboxylic acids is 2. The second-order valence-corrected chi connectivity index (χ2v) is 11.8. The van der Waals surface area contributed by atoms with Crippen molar-refractivity contribution in [2.45, 2.75) is 76.5 Å². The van der Waals surface area contributed by atoms with Crippen molar-refractivity contribution in [3.8, 4) is 5.75 Å². The van der Waals surface area contributed by atoms with Gasteiger partial charge in [-0.2, -0.15) is 4.98 Å². The predicted molar refractivity (Wildman–Crippen MR) is 162 cm³/mol. The molecule has 226 valence electrons. The number of nitrogens with one attached hydrogen (secondary N) is 2. The molecule has 6 rings (SSSR count). The van der Waals surface area contributed by atoms with E-state index < -0.39 is 0 Å². The Morgan fingerprint density at radius 2 is 1.98 bits per heavy atom. The Bertz CT molecular complexity index is 1310. The molecule has 1 aliphatic carbocycles. The standard InChI is InChI=1S/C31H43N7O4/c1-4-25-30(40)36(2)26-18-33-31(35-28(26)38(25)20-9-5-6-10-20)34-24-12-11-23(22-13-16-42-27(22)24)29(39)32-17-21(41-3)19-37-14-7-8-15-37/h11-12,18,20-21,25H,4-10,13-17,19H2,1-3H3,(H,32,39)(H,33,34,35)/t21?,25-/m1/s1. The maximum absolute atomic E-state index is 13.3. The number of nitrogens with zero attached hydrogens (tertiary/aromatic N) is 5.